The van der Waals surface area contributed by atoms with E-state index in [1.54, 1.807) is 7.05 Å². The van der Waals surface area contributed by atoms with Crippen LogP contribution >= 0.6 is 0 Å². The van der Waals surface area contributed by atoms with Gasteiger partial charge in [-0.25, -0.2) is 13.1 Å². The Balaban J connectivity index is 2.01. The zero-order chi connectivity index (χ0) is 13.9. The summed E-state index contributed by atoms with van der Waals surface area (Å²) in [5, 5.41) is 14.3. The molecule has 108 valence electrons. The van der Waals surface area contributed by atoms with E-state index in [2.05, 4.69) is 9.82 Å². The van der Waals surface area contributed by atoms with Crippen molar-refractivity contribution in [2.75, 3.05) is 6.54 Å². The molecule has 0 radical (unpaired) electrons. The Kier molecular flexibility index (Phi) is 4.27. The Bertz CT molecular complexity index is 516. The van der Waals surface area contributed by atoms with Crippen molar-refractivity contribution in [3.05, 3.63) is 12.4 Å². The van der Waals surface area contributed by atoms with Gasteiger partial charge in [-0.1, -0.05) is 25.7 Å². The van der Waals surface area contributed by atoms with E-state index in [-0.39, 0.29) is 11.4 Å². The molecule has 19 heavy (non-hydrogen) atoms. The summed E-state index contributed by atoms with van der Waals surface area (Å²) in [6, 6.07) is 0. The van der Waals surface area contributed by atoms with E-state index in [1.165, 1.54) is 17.1 Å². The normalized spacial score (nSPS) is 20.1. The molecule has 1 aromatic rings. The summed E-state index contributed by atoms with van der Waals surface area (Å²) in [7, 11) is -1.92. The summed E-state index contributed by atoms with van der Waals surface area (Å²) in [5.74, 6) is 0. The summed E-state index contributed by atoms with van der Waals surface area (Å²) in [4.78, 5) is 0.132. The van der Waals surface area contributed by atoms with E-state index in [9.17, 15) is 13.5 Å². The third-order valence-electron chi connectivity index (χ3n) is 3.62. The Hall–Kier alpha value is -0.920. The van der Waals surface area contributed by atoms with Gasteiger partial charge >= 0.3 is 0 Å². The molecule has 0 saturated heterocycles. The minimum absolute atomic E-state index is 0.0736. The van der Waals surface area contributed by atoms with Crippen LogP contribution in [0.5, 0.6) is 0 Å². The number of aliphatic hydroxyl groups is 1. The highest BCUT2D eigenvalue weighted by atomic mass is 32.2. The molecule has 0 bridgehead atoms. The zero-order valence-corrected chi connectivity index (χ0v) is 12.0. The maximum Gasteiger partial charge on any atom is 0.243 e. The number of sulfonamides is 1. The van der Waals surface area contributed by atoms with Crippen LogP contribution < -0.4 is 4.72 Å². The first kappa shape index (κ1) is 14.5. The predicted molar refractivity (Wildman–Crippen MR) is 71.0 cm³/mol. The Morgan fingerprint density at radius 3 is 2.53 bits per heavy atom. The smallest absolute Gasteiger partial charge is 0.243 e. The van der Waals surface area contributed by atoms with Crippen LogP contribution in [0.25, 0.3) is 0 Å². The van der Waals surface area contributed by atoms with Crippen LogP contribution in [0.1, 0.15) is 38.5 Å². The first-order valence-electron chi connectivity index (χ1n) is 6.62. The van der Waals surface area contributed by atoms with Gasteiger partial charge in [0.05, 0.1) is 11.8 Å². The van der Waals surface area contributed by atoms with Gasteiger partial charge in [0.25, 0.3) is 0 Å². The van der Waals surface area contributed by atoms with Crippen molar-refractivity contribution < 1.29 is 13.5 Å². The van der Waals surface area contributed by atoms with E-state index in [0.29, 0.717) is 12.8 Å². The second-order valence-corrected chi connectivity index (χ2v) is 7.08. The Labute approximate surface area is 113 Å². The second kappa shape index (κ2) is 5.60. The van der Waals surface area contributed by atoms with E-state index < -0.39 is 15.6 Å². The number of nitrogens with zero attached hydrogens (tertiary/aromatic N) is 2. The lowest BCUT2D eigenvalue weighted by atomic mass is 9.95. The van der Waals surface area contributed by atoms with Crippen LogP contribution in [0.15, 0.2) is 17.3 Å². The number of nitrogens with one attached hydrogen (secondary N) is 1. The Morgan fingerprint density at radius 1 is 1.37 bits per heavy atom. The number of aromatic nitrogens is 2. The molecule has 2 rings (SSSR count). The monoisotopic (exact) mass is 287 g/mol. The molecule has 6 nitrogen and oxygen atoms in total. The van der Waals surface area contributed by atoms with Crippen molar-refractivity contribution in [3.8, 4) is 0 Å². The van der Waals surface area contributed by atoms with E-state index in [1.807, 2.05) is 0 Å². The van der Waals surface area contributed by atoms with Gasteiger partial charge in [0.15, 0.2) is 0 Å². The molecule has 1 aromatic heterocycles. The lowest BCUT2D eigenvalue weighted by Gasteiger charge is -2.26. The number of hydrogen-bond acceptors (Lipinski definition) is 4. The van der Waals surface area contributed by atoms with Gasteiger partial charge in [0.1, 0.15) is 4.90 Å². The molecular weight excluding hydrogens is 266 g/mol. The highest BCUT2D eigenvalue weighted by molar-refractivity contribution is 7.89. The summed E-state index contributed by atoms with van der Waals surface area (Å²) < 4.78 is 28.0. The average Bonchev–Trinajstić information content (AvgIpc) is 2.68. The number of hydrogen-bond donors (Lipinski definition) is 2. The third-order valence-corrected chi connectivity index (χ3v) is 4.97. The molecular formula is C12H21N3O3S. The standard InChI is InChI=1S/C12H21N3O3S/c1-15-9-11(8-13-15)19(17,18)14-10-12(16)6-4-2-3-5-7-12/h8-9,14,16H,2-7,10H2,1H3. The van der Waals surface area contributed by atoms with Crippen molar-refractivity contribution in [1.29, 1.82) is 0 Å². The molecule has 1 heterocycles. The lowest BCUT2D eigenvalue weighted by molar-refractivity contribution is 0.0303. The fraction of sp³-hybridized carbons (Fsp3) is 0.750. The Morgan fingerprint density at radius 2 is 2.00 bits per heavy atom. The SMILES string of the molecule is Cn1cc(S(=O)(=O)NCC2(O)CCCCCC2)cn1. The van der Waals surface area contributed by atoms with Crippen molar-refractivity contribution >= 4 is 10.0 Å². The molecule has 0 unspecified atom stereocenters. The molecule has 1 fully saturated rings. The second-order valence-electron chi connectivity index (χ2n) is 5.31. The van der Waals surface area contributed by atoms with Crippen LogP contribution in [0.4, 0.5) is 0 Å². The van der Waals surface area contributed by atoms with Gasteiger partial charge in [0.2, 0.25) is 10.0 Å². The molecule has 1 aliphatic carbocycles. The first-order chi connectivity index (χ1) is 8.91. The minimum Gasteiger partial charge on any atom is -0.389 e. The third kappa shape index (κ3) is 3.77. The van der Waals surface area contributed by atoms with E-state index in [4.69, 9.17) is 0 Å². The summed E-state index contributed by atoms with van der Waals surface area (Å²) in [6.07, 6.45) is 8.18. The first-order valence-corrected chi connectivity index (χ1v) is 8.10. The molecule has 1 saturated carbocycles. The van der Waals surface area contributed by atoms with Crippen molar-refractivity contribution in [3.63, 3.8) is 0 Å². The van der Waals surface area contributed by atoms with Gasteiger partial charge in [0, 0.05) is 19.8 Å². The molecule has 0 amide bonds. The van der Waals surface area contributed by atoms with E-state index >= 15 is 0 Å². The molecule has 0 aliphatic heterocycles. The minimum atomic E-state index is -3.58. The van der Waals surface area contributed by atoms with Crippen molar-refractivity contribution in [1.82, 2.24) is 14.5 Å². The maximum absolute atomic E-state index is 12.0. The fourth-order valence-corrected chi connectivity index (χ4v) is 3.52. The highest BCUT2D eigenvalue weighted by Gasteiger charge is 2.30. The molecule has 7 heteroatoms. The van der Waals surface area contributed by atoms with Gasteiger partial charge < -0.3 is 5.11 Å². The van der Waals surface area contributed by atoms with Gasteiger partial charge in [-0.3, -0.25) is 4.68 Å². The van der Waals surface area contributed by atoms with Gasteiger partial charge in [-0.2, -0.15) is 5.10 Å². The summed E-state index contributed by atoms with van der Waals surface area (Å²) >= 11 is 0. The molecule has 0 atom stereocenters. The van der Waals surface area contributed by atoms with Crippen LogP contribution in [0, 0.1) is 0 Å². The molecule has 0 spiro atoms. The van der Waals surface area contributed by atoms with Crippen LogP contribution in [-0.2, 0) is 17.1 Å². The van der Waals surface area contributed by atoms with Crippen LogP contribution in [0.3, 0.4) is 0 Å². The topological polar surface area (TPSA) is 84.2 Å². The van der Waals surface area contributed by atoms with Crippen molar-refractivity contribution in [2.45, 2.75) is 49.0 Å². The summed E-state index contributed by atoms with van der Waals surface area (Å²) in [6.45, 7) is 0.0736. The van der Waals surface area contributed by atoms with Gasteiger partial charge in [-0.15, -0.1) is 0 Å². The quantitative estimate of drug-likeness (QED) is 0.802. The molecule has 1 aliphatic rings. The molecule has 2 N–H and O–H groups in total. The number of rotatable bonds is 4. The van der Waals surface area contributed by atoms with Crippen molar-refractivity contribution in [2.24, 2.45) is 7.05 Å². The fourth-order valence-electron chi connectivity index (χ4n) is 2.41. The number of aryl methyl sites for hydroxylation is 1. The molecule has 0 aromatic carbocycles. The average molecular weight is 287 g/mol. The maximum atomic E-state index is 12.0. The largest absolute Gasteiger partial charge is 0.389 e. The predicted octanol–water partition coefficient (Wildman–Crippen LogP) is 0.784. The highest BCUT2D eigenvalue weighted by Crippen LogP contribution is 2.26. The summed E-state index contributed by atoms with van der Waals surface area (Å²) in [5.41, 5.74) is -0.911. The van der Waals surface area contributed by atoms with Gasteiger partial charge in [-0.05, 0) is 12.8 Å². The zero-order valence-electron chi connectivity index (χ0n) is 11.2. The lowest BCUT2D eigenvalue weighted by Crippen LogP contribution is -2.42. The van der Waals surface area contributed by atoms with Crippen LogP contribution in [-0.4, -0.2) is 35.5 Å². The van der Waals surface area contributed by atoms with Crippen LogP contribution in [0.2, 0.25) is 0 Å². The van der Waals surface area contributed by atoms with E-state index in [0.717, 1.165) is 25.7 Å².